The highest BCUT2D eigenvalue weighted by atomic mass is 16.3. The van der Waals surface area contributed by atoms with Crippen molar-refractivity contribution in [3.8, 4) is 0 Å². The van der Waals surface area contributed by atoms with Crippen LogP contribution in [-0.2, 0) is 29.1 Å². The quantitative estimate of drug-likeness (QED) is 0.321. The van der Waals surface area contributed by atoms with Gasteiger partial charge in [-0.3, -0.25) is 14.6 Å². The summed E-state index contributed by atoms with van der Waals surface area (Å²) in [4.78, 5) is 34.9. The maximum atomic E-state index is 12.9. The third-order valence-corrected chi connectivity index (χ3v) is 6.75. The molecule has 0 spiro atoms. The number of benzene rings is 1. The van der Waals surface area contributed by atoms with Gasteiger partial charge in [-0.2, -0.15) is 0 Å². The van der Waals surface area contributed by atoms with Crippen LogP contribution in [0.5, 0.6) is 0 Å². The molecule has 5 rings (SSSR count). The van der Waals surface area contributed by atoms with Crippen molar-refractivity contribution >= 4 is 40.4 Å². The zero-order valence-electron chi connectivity index (χ0n) is 21.4. The molecule has 38 heavy (non-hydrogen) atoms. The molecule has 9 heteroatoms. The van der Waals surface area contributed by atoms with E-state index in [2.05, 4.69) is 26.7 Å². The third-order valence-electron chi connectivity index (χ3n) is 6.75. The van der Waals surface area contributed by atoms with Gasteiger partial charge in [0.1, 0.15) is 17.2 Å². The topological polar surface area (TPSA) is 126 Å². The summed E-state index contributed by atoms with van der Waals surface area (Å²) in [7, 11) is 1.75. The van der Waals surface area contributed by atoms with Crippen LogP contribution in [-0.4, -0.2) is 39.8 Å². The fourth-order valence-corrected chi connectivity index (χ4v) is 4.56. The van der Waals surface area contributed by atoms with Crippen LogP contribution in [0.4, 0.5) is 11.5 Å². The summed E-state index contributed by atoms with van der Waals surface area (Å²) in [6, 6.07) is 11.2. The Kier molecular flexibility index (Phi) is 7.19. The van der Waals surface area contributed by atoms with Crippen molar-refractivity contribution in [2.24, 2.45) is 5.73 Å². The number of amides is 2. The Bertz CT molecular complexity index is 1510. The van der Waals surface area contributed by atoms with E-state index < -0.39 is 6.04 Å². The maximum Gasteiger partial charge on any atom is 0.246 e. The van der Waals surface area contributed by atoms with Crippen LogP contribution in [0, 0.1) is 6.92 Å². The molecule has 4 aromatic rings. The van der Waals surface area contributed by atoms with Crippen molar-refractivity contribution in [3.05, 3.63) is 89.1 Å². The van der Waals surface area contributed by atoms with Crippen molar-refractivity contribution in [1.82, 2.24) is 14.9 Å². The number of hydrogen-bond donors (Lipinski definition) is 3. The molecular formula is C29H30N6O3. The first-order chi connectivity index (χ1) is 18.4. The fourth-order valence-electron chi connectivity index (χ4n) is 4.56. The molecule has 1 atom stereocenters. The molecule has 4 heterocycles. The van der Waals surface area contributed by atoms with Gasteiger partial charge in [0, 0.05) is 49.2 Å². The predicted molar refractivity (Wildman–Crippen MR) is 147 cm³/mol. The molecule has 0 saturated carbocycles. The van der Waals surface area contributed by atoms with E-state index in [1.165, 1.54) is 6.08 Å². The van der Waals surface area contributed by atoms with Crippen molar-refractivity contribution in [2.75, 3.05) is 17.7 Å². The van der Waals surface area contributed by atoms with E-state index in [4.69, 9.17) is 10.2 Å². The first-order valence-electron chi connectivity index (χ1n) is 12.5. The number of fused-ring (bicyclic) bond motifs is 2. The zero-order valence-corrected chi connectivity index (χ0v) is 21.4. The average Bonchev–Trinajstić information content (AvgIpc) is 3.17. The number of nitrogens with two attached hydrogens (primary N) is 1. The Labute approximate surface area is 220 Å². The lowest BCUT2D eigenvalue weighted by atomic mass is 10.1. The lowest BCUT2D eigenvalue weighted by molar-refractivity contribution is -0.125. The monoisotopic (exact) mass is 510 g/mol. The van der Waals surface area contributed by atoms with Crippen molar-refractivity contribution in [2.45, 2.75) is 38.9 Å². The van der Waals surface area contributed by atoms with Crippen LogP contribution in [0.15, 0.2) is 65.5 Å². The summed E-state index contributed by atoms with van der Waals surface area (Å²) in [5, 5.41) is 7.21. The number of pyridine rings is 2. The summed E-state index contributed by atoms with van der Waals surface area (Å²) in [5.74, 6) is 0.887. The maximum absolute atomic E-state index is 12.9. The van der Waals surface area contributed by atoms with Gasteiger partial charge in [0.05, 0.1) is 18.3 Å². The number of rotatable bonds is 7. The first-order valence-corrected chi connectivity index (χ1v) is 12.5. The summed E-state index contributed by atoms with van der Waals surface area (Å²) in [6.07, 6.45) is 9.60. The number of nitrogens with zero attached hydrogens (tertiary/aromatic N) is 3. The minimum Gasteiger partial charge on any atom is -0.459 e. The Hall–Kier alpha value is -4.50. The lowest BCUT2D eigenvalue weighted by Gasteiger charge is -2.14. The second-order valence-electron chi connectivity index (χ2n) is 9.47. The van der Waals surface area contributed by atoms with Gasteiger partial charge >= 0.3 is 0 Å². The van der Waals surface area contributed by atoms with Gasteiger partial charge in [0.15, 0.2) is 0 Å². The first kappa shape index (κ1) is 25.2. The van der Waals surface area contributed by atoms with E-state index >= 15 is 0 Å². The van der Waals surface area contributed by atoms with Crippen LogP contribution >= 0.6 is 0 Å². The van der Waals surface area contributed by atoms with E-state index in [0.29, 0.717) is 31.7 Å². The highest BCUT2D eigenvalue weighted by Gasteiger charge is 2.21. The number of furan rings is 1. The molecular weight excluding hydrogens is 480 g/mol. The third kappa shape index (κ3) is 5.42. The number of aromatic nitrogens is 2. The molecule has 1 aliphatic heterocycles. The van der Waals surface area contributed by atoms with Gasteiger partial charge in [-0.25, -0.2) is 4.98 Å². The highest BCUT2D eigenvalue weighted by molar-refractivity contribution is 5.95. The molecule has 194 valence electrons. The van der Waals surface area contributed by atoms with Gasteiger partial charge in [-0.1, -0.05) is 12.1 Å². The number of nitrogens with one attached hydrogen (secondary N) is 2. The molecule has 9 nitrogen and oxygen atoms in total. The van der Waals surface area contributed by atoms with Crippen molar-refractivity contribution in [3.63, 3.8) is 0 Å². The minimum atomic E-state index is -0.548. The summed E-state index contributed by atoms with van der Waals surface area (Å²) < 4.78 is 6.15. The van der Waals surface area contributed by atoms with Gasteiger partial charge in [-0.15, -0.1) is 0 Å². The van der Waals surface area contributed by atoms with E-state index in [9.17, 15) is 9.59 Å². The summed E-state index contributed by atoms with van der Waals surface area (Å²) >= 11 is 0. The molecule has 0 unspecified atom stereocenters. The largest absolute Gasteiger partial charge is 0.459 e. The Morgan fingerprint density at radius 3 is 2.97 bits per heavy atom. The standard InChI is InChI=1S/C29H30N6O3/c1-18-25(38-24-7-3-5-21(27(18)24)15-32-22-6-4-12-31-16-22)17-35(2)26(36)11-8-19-13-20-9-10-23(30)29(37)34-28(20)33-14-19/h3-8,11-14,16,23,32H,9-10,15,17,30H2,1-2H3,(H,33,34,37)/b11-8+/t23-/m0/s1. The van der Waals surface area contributed by atoms with Gasteiger partial charge in [0.2, 0.25) is 11.8 Å². The van der Waals surface area contributed by atoms with Crippen LogP contribution in [0.1, 0.15) is 34.4 Å². The SMILES string of the molecule is Cc1c(CN(C)C(=O)/C=C/c2cnc3c(c2)CC[C@H](N)C(=O)N3)oc2cccc(CNc3cccnc3)c12. The predicted octanol–water partition coefficient (Wildman–Crippen LogP) is 4.03. The molecule has 1 aliphatic rings. The summed E-state index contributed by atoms with van der Waals surface area (Å²) in [5.41, 5.74) is 11.4. The summed E-state index contributed by atoms with van der Waals surface area (Å²) in [6.45, 7) is 2.99. The van der Waals surface area contributed by atoms with Crippen LogP contribution < -0.4 is 16.4 Å². The molecule has 1 aromatic carbocycles. The molecule has 0 aliphatic carbocycles. The van der Waals surface area contributed by atoms with Gasteiger partial charge in [-0.05, 0) is 66.8 Å². The van der Waals surface area contributed by atoms with Gasteiger partial charge in [0.25, 0.3) is 0 Å². The second kappa shape index (κ2) is 10.9. The minimum absolute atomic E-state index is 0.159. The number of anilines is 2. The number of carbonyl (C=O) groups is 2. The van der Waals surface area contributed by atoms with E-state index in [0.717, 1.165) is 44.7 Å². The Morgan fingerprint density at radius 2 is 2.16 bits per heavy atom. The van der Waals surface area contributed by atoms with E-state index in [1.54, 1.807) is 36.6 Å². The van der Waals surface area contributed by atoms with Crippen molar-refractivity contribution in [1.29, 1.82) is 0 Å². The molecule has 2 amide bonds. The van der Waals surface area contributed by atoms with Crippen LogP contribution in [0.2, 0.25) is 0 Å². The van der Waals surface area contributed by atoms with E-state index in [-0.39, 0.29) is 11.8 Å². The van der Waals surface area contributed by atoms with Crippen LogP contribution in [0.3, 0.4) is 0 Å². The lowest BCUT2D eigenvalue weighted by Crippen LogP contribution is -2.34. The van der Waals surface area contributed by atoms with E-state index in [1.807, 2.05) is 37.3 Å². The van der Waals surface area contributed by atoms with Crippen LogP contribution in [0.25, 0.3) is 17.0 Å². The fraction of sp³-hybridized carbons (Fsp3) is 0.241. The number of hydrogen-bond acceptors (Lipinski definition) is 7. The molecule has 4 N–H and O–H groups in total. The number of likely N-dealkylation sites (N-methyl/N-ethyl adjacent to an activating group) is 1. The molecule has 0 radical (unpaired) electrons. The zero-order chi connectivity index (χ0) is 26.6. The average molecular weight is 511 g/mol. The highest BCUT2D eigenvalue weighted by Crippen LogP contribution is 2.30. The molecule has 3 aromatic heterocycles. The Balaban J connectivity index is 1.27. The number of aryl methyl sites for hydroxylation is 2. The van der Waals surface area contributed by atoms with Gasteiger partial charge < -0.3 is 25.7 Å². The second-order valence-corrected chi connectivity index (χ2v) is 9.47. The molecule has 0 saturated heterocycles. The molecule has 0 bridgehead atoms. The number of carbonyl (C=O) groups excluding carboxylic acids is 2. The van der Waals surface area contributed by atoms with Crippen molar-refractivity contribution < 1.29 is 14.0 Å². The molecule has 0 fully saturated rings. The normalized spacial score (nSPS) is 15.2. The Morgan fingerprint density at radius 1 is 1.29 bits per heavy atom. The smallest absolute Gasteiger partial charge is 0.246 e.